The van der Waals surface area contributed by atoms with Gasteiger partial charge in [0.1, 0.15) is 5.82 Å². The topological polar surface area (TPSA) is 49.4 Å². The van der Waals surface area contributed by atoms with Crippen LogP contribution >= 0.6 is 0 Å². The Bertz CT molecular complexity index is 501. The molecule has 108 valence electrons. The summed E-state index contributed by atoms with van der Waals surface area (Å²) in [4.78, 5) is 24.9. The Kier molecular flexibility index (Phi) is 4.37. The van der Waals surface area contributed by atoms with Gasteiger partial charge >= 0.3 is 0 Å². The maximum atomic E-state index is 12.8. The van der Waals surface area contributed by atoms with E-state index in [1.807, 2.05) is 6.92 Å². The summed E-state index contributed by atoms with van der Waals surface area (Å²) in [5.41, 5.74) is 0.932. The average molecular weight is 278 g/mol. The summed E-state index contributed by atoms with van der Waals surface area (Å²) < 4.78 is 12.8. The molecule has 4 nitrogen and oxygen atoms in total. The molecule has 20 heavy (non-hydrogen) atoms. The molecule has 0 bridgehead atoms. The second-order valence-corrected chi connectivity index (χ2v) is 5.40. The van der Waals surface area contributed by atoms with Crippen LogP contribution in [0, 0.1) is 5.82 Å². The second kappa shape index (κ2) is 6.03. The maximum absolute atomic E-state index is 12.8. The second-order valence-electron chi connectivity index (χ2n) is 5.40. The first-order chi connectivity index (χ1) is 9.45. The van der Waals surface area contributed by atoms with E-state index in [-0.39, 0.29) is 29.6 Å². The van der Waals surface area contributed by atoms with Crippen LogP contribution in [0.1, 0.15) is 31.2 Å². The number of carbonyl (C=O) groups excluding carboxylic acids is 2. The summed E-state index contributed by atoms with van der Waals surface area (Å²) in [5.74, 6) is -0.278. The number of likely N-dealkylation sites (N-methyl/N-ethyl adjacent to an activating group) is 1. The number of halogens is 1. The molecule has 1 aromatic carbocycles. The molecule has 0 aliphatic carbocycles. The van der Waals surface area contributed by atoms with Crippen molar-refractivity contribution in [2.75, 3.05) is 13.6 Å². The van der Waals surface area contributed by atoms with E-state index in [0.29, 0.717) is 19.4 Å². The molecular formula is C15H19FN2O2. The van der Waals surface area contributed by atoms with Crippen LogP contribution in [0.5, 0.6) is 0 Å². The Morgan fingerprint density at radius 2 is 2.10 bits per heavy atom. The van der Waals surface area contributed by atoms with Crippen LogP contribution < -0.4 is 5.32 Å². The van der Waals surface area contributed by atoms with E-state index in [1.165, 1.54) is 12.1 Å². The number of nitrogens with one attached hydrogen (secondary N) is 1. The van der Waals surface area contributed by atoms with E-state index < -0.39 is 0 Å². The maximum Gasteiger partial charge on any atom is 0.224 e. The molecule has 0 radical (unpaired) electrons. The Morgan fingerprint density at radius 3 is 2.65 bits per heavy atom. The number of nitrogens with zero attached hydrogens (tertiary/aromatic N) is 1. The highest BCUT2D eigenvalue weighted by molar-refractivity contribution is 5.82. The van der Waals surface area contributed by atoms with Crippen molar-refractivity contribution in [3.8, 4) is 0 Å². The van der Waals surface area contributed by atoms with Gasteiger partial charge in [-0.15, -0.1) is 0 Å². The SMILES string of the molecule is C[C@H](CC(=O)N[C@H]1CC(=O)N(C)C1)c1ccc(F)cc1. The third kappa shape index (κ3) is 3.56. The van der Waals surface area contributed by atoms with Gasteiger partial charge in [-0.3, -0.25) is 9.59 Å². The first-order valence-corrected chi connectivity index (χ1v) is 6.74. The molecule has 1 heterocycles. The monoisotopic (exact) mass is 278 g/mol. The van der Waals surface area contributed by atoms with Crippen LogP contribution in [-0.2, 0) is 9.59 Å². The third-order valence-corrected chi connectivity index (χ3v) is 3.64. The summed E-state index contributed by atoms with van der Waals surface area (Å²) in [6.07, 6.45) is 0.702. The molecule has 1 N–H and O–H groups in total. The lowest BCUT2D eigenvalue weighted by molar-refractivity contribution is -0.126. The quantitative estimate of drug-likeness (QED) is 0.910. The van der Waals surface area contributed by atoms with E-state index in [4.69, 9.17) is 0 Å². The van der Waals surface area contributed by atoms with Crippen LogP contribution in [0.25, 0.3) is 0 Å². The minimum absolute atomic E-state index is 0.0189. The number of hydrogen-bond donors (Lipinski definition) is 1. The first-order valence-electron chi connectivity index (χ1n) is 6.74. The van der Waals surface area contributed by atoms with E-state index in [9.17, 15) is 14.0 Å². The summed E-state index contributed by atoms with van der Waals surface area (Å²) in [5, 5.41) is 2.88. The molecule has 0 saturated carbocycles. The van der Waals surface area contributed by atoms with Crippen LogP contribution in [0.15, 0.2) is 24.3 Å². The fraction of sp³-hybridized carbons (Fsp3) is 0.467. The van der Waals surface area contributed by atoms with Gasteiger partial charge in [-0.2, -0.15) is 0 Å². The van der Waals surface area contributed by atoms with Gasteiger partial charge in [0, 0.05) is 26.4 Å². The molecule has 1 aromatic rings. The molecule has 5 heteroatoms. The lowest BCUT2D eigenvalue weighted by Crippen LogP contribution is -2.36. The van der Waals surface area contributed by atoms with Crippen LogP contribution in [-0.4, -0.2) is 36.3 Å². The lowest BCUT2D eigenvalue weighted by atomic mass is 9.97. The molecule has 2 rings (SSSR count). The Morgan fingerprint density at radius 1 is 1.45 bits per heavy atom. The standard InChI is InChI=1S/C15H19FN2O2/c1-10(11-3-5-12(16)6-4-11)7-14(19)17-13-8-15(20)18(2)9-13/h3-6,10,13H,7-9H2,1-2H3,(H,17,19)/t10-,13+/m1/s1. The van der Waals surface area contributed by atoms with Gasteiger partial charge in [0.25, 0.3) is 0 Å². The zero-order chi connectivity index (χ0) is 14.7. The number of carbonyl (C=O) groups is 2. The van der Waals surface area contributed by atoms with Crippen molar-refractivity contribution in [1.29, 1.82) is 0 Å². The molecule has 1 aliphatic heterocycles. The van der Waals surface area contributed by atoms with Gasteiger partial charge in [0.15, 0.2) is 0 Å². The third-order valence-electron chi connectivity index (χ3n) is 3.64. The highest BCUT2D eigenvalue weighted by Gasteiger charge is 2.28. The molecule has 2 amide bonds. The smallest absolute Gasteiger partial charge is 0.224 e. The van der Waals surface area contributed by atoms with E-state index >= 15 is 0 Å². The summed E-state index contributed by atoms with van der Waals surface area (Å²) in [7, 11) is 1.73. The minimum Gasteiger partial charge on any atom is -0.351 e. The number of benzene rings is 1. The summed E-state index contributed by atoms with van der Waals surface area (Å²) in [6.45, 7) is 2.49. The van der Waals surface area contributed by atoms with Crippen molar-refractivity contribution in [2.24, 2.45) is 0 Å². The molecule has 2 atom stereocenters. The van der Waals surface area contributed by atoms with Crippen LogP contribution in [0.3, 0.4) is 0 Å². The van der Waals surface area contributed by atoms with E-state index in [2.05, 4.69) is 5.32 Å². The molecule has 0 aromatic heterocycles. The lowest BCUT2D eigenvalue weighted by Gasteiger charge is -2.15. The number of likely N-dealkylation sites (tertiary alicyclic amines) is 1. The van der Waals surface area contributed by atoms with Crippen molar-refractivity contribution in [3.05, 3.63) is 35.6 Å². The summed E-state index contributed by atoms with van der Waals surface area (Å²) >= 11 is 0. The normalized spacial score (nSPS) is 20.1. The molecule has 1 fully saturated rings. The van der Waals surface area contributed by atoms with Gasteiger partial charge < -0.3 is 10.2 Å². The highest BCUT2D eigenvalue weighted by atomic mass is 19.1. The zero-order valence-electron chi connectivity index (χ0n) is 11.7. The Hall–Kier alpha value is -1.91. The predicted octanol–water partition coefficient (Wildman–Crippen LogP) is 1.67. The van der Waals surface area contributed by atoms with Gasteiger partial charge in [0.05, 0.1) is 6.04 Å². The molecule has 0 spiro atoms. The summed E-state index contributed by atoms with van der Waals surface area (Å²) in [6, 6.07) is 6.09. The fourth-order valence-corrected chi connectivity index (χ4v) is 2.43. The number of hydrogen-bond acceptors (Lipinski definition) is 2. The predicted molar refractivity (Wildman–Crippen MR) is 73.6 cm³/mol. The molecular weight excluding hydrogens is 259 g/mol. The van der Waals surface area contributed by atoms with Crippen molar-refractivity contribution >= 4 is 11.8 Å². The Labute approximate surface area is 118 Å². The average Bonchev–Trinajstić information content (AvgIpc) is 2.68. The molecule has 0 unspecified atom stereocenters. The minimum atomic E-state index is -0.280. The Balaban J connectivity index is 1.85. The van der Waals surface area contributed by atoms with Gasteiger partial charge in [-0.05, 0) is 23.6 Å². The van der Waals surface area contributed by atoms with Crippen LogP contribution in [0.4, 0.5) is 4.39 Å². The molecule has 1 saturated heterocycles. The van der Waals surface area contributed by atoms with Gasteiger partial charge in [0.2, 0.25) is 11.8 Å². The van der Waals surface area contributed by atoms with Crippen molar-refractivity contribution < 1.29 is 14.0 Å². The van der Waals surface area contributed by atoms with Crippen LogP contribution in [0.2, 0.25) is 0 Å². The van der Waals surface area contributed by atoms with Gasteiger partial charge in [-0.1, -0.05) is 19.1 Å². The molecule has 1 aliphatic rings. The van der Waals surface area contributed by atoms with E-state index in [0.717, 1.165) is 5.56 Å². The van der Waals surface area contributed by atoms with Crippen molar-refractivity contribution in [1.82, 2.24) is 10.2 Å². The van der Waals surface area contributed by atoms with E-state index in [1.54, 1.807) is 24.1 Å². The largest absolute Gasteiger partial charge is 0.351 e. The highest BCUT2D eigenvalue weighted by Crippen LogP contribution is 2.19. The first kappa shape index (κ1) is 14.5. The van der Waals surface area contributed by atoms with Crippen molar-refractivity contribution in [2.45, 2.75) is 31.7 Å². The van der Waals surface area contributed by atoms with Crippen molar-refractivity contribution in [3.63, 3.8) is 0 Å². The van der Waals surface area contributed by atoms with Gasteiger partial charge in [-0.25, -0.2) is 4.39 Å². The zero-order valence-corrected chi connectivity index (χ0v) is 11.7. The number of amides is 2. The number of rotatable bonds is 4. The fourth-order valence-electron chi connectivity index (χ4n) is 2.43.